The second-order valence-electron chi connectivity index (χ2n) is 5.94. The van der Waals surface area contributed by atoms with Crippen LogP contribution in [-0.2, 0) is 25.6 Å². The summed E-state index contributed by atoms with van der Waals surface area (Å²) in [6.45, 7) is 5.73. The molecule has 116 valence electrons. The van der Waals surface area contributed by atoms with Crippen LogP contribution in [0.4, 0.5) is 0 Å². The predicted octanol–water partition coefficient (Wildman–Crippen LogP) is 2.93. The molecule has 0 aromatic heterocycles. The lowest BCUT2D eigenvalue weighted by Gasteiger charge is -2.26. The molecule has 0 radical (unpaired) electrons. The molecule has 0 bridgehead atoms. The summed E-state index contributed by atoms with van der Waals surface area (Å²) in [6, 6.07) is 10.2. The molecule has 4 atom stereocenters. The van der Waals surface area contributed by atoms with E-state index in [1.54, 1.807) is 0 Å². The van der Waals surface area contributed by atoms with E-state index in [0.29, 0.717) is 23.7 Å². The first-order valence-corrected chi connectivity index (χ1v) is 8.53. The van der Waals surface area contributed by atoms with Gasteiger partial charge in [-0.2, -0.15) is 0 Å². The summed E-state index contributed by atoms with van der Waals surface area (Å²) in [6.07, 6.45) is -0.0776. The van der Waals surface area contributed by atoms with Crippen molar-refractivity contribution in [2.24, 2.45) is 0 Å². The van der Waals surface area contributed by atoms with Gasteiger partial charge in [-0.3, -0.25) is 0 Å². The Morgan fingerprint density at radius 3 is 2.67 bits per heavy atom. The molecule has 0 amide bonds. The molecule has 0 N–H and O–H groups in total. The van der Waals surface area contributed by atoms with Gasteiger partial charge in [0.1, 0.15) is 18.3 Å². The minimum atomic E-state index is -0.526. The summed E-state index contributed by atoms with van der Waals surface area (Å²) in [7, 11) is 0. The lowest BCUT2D eigenvalue weighted by atomic mass is 10.1. The number of hydrogen-bond acceptors (Lipinski definition) is 4. The maximum Gasteiger partial charge on any atom is 0.163 e. The molecule has 21 heavy (non-hydrogen) atoms. The van der Waals surface area contributed by atoms with Crippen LogP contribution in [0.2, 0.25) is 0 Å². The number of alkyl halides is 1. The average molecular weight is 404 g/mol. The highest BCUT2D eigenvalue weighted by atomic mass is 127. The van der Waals surface area contributed by atoms with Gasteiger partial charge in [-0.25, -0.2) is 0 Å². The van der Waals surface area contributed by atoms with Gasteiger partial charge in [0.25, 0.3) is 0 Å². The Hall–Kier alpha value is -0.210. The van der Waals surface area contributed by atoms with Gasteiger partial charge in [0.15, 0.2) is 5.79 Å². The van der Waals surface area contributed by atoms with Crippen molar-refractivity contribution in [1.82, 2.24) is 0 Å². The normalized spacial score (nSPS) is 35.2. The number of rotatable bonds is 4. The van der Waals surface area contributed by atoms with Gasteiger partial charge >= 0.3 is 0 Å². The molecule has 1 aromatic rings. The summed E-state index contributed by atoms with van der Waals surface area (Å²) < 4.78 is 24.0. The smallest absolute Gasteiger partial charge is 0.163 e. The van der Waals surface area contributed by atoms with Crippen LogP contribution in [0, 0.1) is 0 Å². The van der Waals surface area contributed by atoms with Gasteiger partial charge in [0.05, 0.1) is 23.7 Å². The van der Waals surface area contributed by atoms with Gasteiger partial charge in [0.2, 0.25) is 0 Å². The third-order valence-corrected chi connectivity index (χ3v) is 4.88. The summed E-state index contributed by atoms with van der Waals surface area (Å²) in [4.78, 5) is 0. The van der Waals surface area contributed by atoms with Gasteiger partial charge in [-0.05, 0) is 19.4 Å². The van der Waals surface area contributed by atoms with Crippen LogP contribution < -0.4 is 0 Å². The van der Waals surface area contributed by atoms with Crippen LogP contribution in [0.15, 0.2) is 30.3 Å². The number of halogens is 1. The molecule has 1 aromatic carbocycles. The van der Waals surface area contributed by atoms with E-state index in [1.165, 1.54) is 5.56 Å². The zero-order valence-electron chi connectivity index (χ0n) is 12.3. The first-order valence-electron chi connectivity index (χ1n) is 7.28. The minimum Gasteiger partial charge on any atom is -0.371 e. The van der Waals surface area contributed by atoms with Crippen molar-refractivity contribution in [2.75, 3.05) is 13.2 Å². The topological polar surface area (TPSA) is 36.9 Å². The molecule has 0 saturated carbocycles. The Balaban J connectivity index is 1.62. The molecule has 2 saturated heterocycles. The SMILES string of the molecule is CC1(C)OC[C@H]([C@H]2OC[C@H](I)[C@H]2OCc2ccccc2)O1. The fourth-order valence-electron chi connectivity index (χ4n) is 2.76. The highest BCUT2D eigenvalue weighted by Crippen LogP contribution is 2.33. The van der Waals surface area contributed by atoms with E-state index in [9.17, 15) is 0 Å². The first-order chi connectivity index (χ1) is 10.1. The Morgan fingerprint density at radius 1 is 1.24 bits per heavy atom. The summed E-state index contributed by atoms with van der Waals surface area (Å²) in [5, 5.41) is 0. The van der Waals surface area contributed by atoms with Crippen molar-refractivity contribution in [1.29, 1.82) is 0 Å². The molecule has 2 fully saturated rings. The molecular weight excluding hydrogens is 383 g/mol. The maximum atomic E-state index is 6.13. The Morgan fingerprint density at radius 2 is 2.00 bits per heavy atom. The van der Waals surface area contributed by atoms with Crippen molar-refractivity contribution in [3.63, 3.8) is 0 Å². The lowest BCUT2D eigenvalue weighted by Crippen LogP contribution is -2.41. The summed E-state index contributed by atoms with van der Waals surface area (Å²) in [5.74, 6) is -0.526. The molecule has 4 nitrogen and oxygen atoms in total. The number of benzene rings is 1. The second kappa shape index (κ2) is 6.50. The summed E-state index contributed by atoms with van der Waals surface area (Å²) in [5.41, 5.74) is 1.18. The van der Waals surface area contributed by atoms with Crippen molar-refractivity contribution in [2.45, 2.75) is 48.5 Å². The summed E-state index contributed by atoms with van der Waals surface area (Å²) >= 11 is 2.40. The molecular formula is C16H21IO4. The third kappa shape index (κ3) is 3.76. The third-order valence-electron chi connectivity index (χ3n) is 3.81. The molecule has 5 heteroatoms. The van der Waals surface area contributed by atoms with Crippen molar-refractivity contribution < 1.29 is 18.9 Å². The Bertz CT molecular complexity index is 465. The zero-order valence-corrected chi connectivity index (χ0v) is 14.5. The fourth-order valence-corrected chi connectivity index (χ4v) is 3.59. The zero-order chi connectivity index (χ0) is 14.9. The van der Waals surface area contributed by atoms with E-state index >= 15 is 0 Å². The Kier molecular flexibility index (Phi) is 4.85. The quantitative estimate of drug-likeness (QED) is 0.572. The fraction of sp³-hybridized carbons (Fsp3) is 0.625. The van der Waals surface area contributed by atoms with E-state index < -0.39 is 5.79 Å². The standard InChI is InChI=1S/C16H21IO4/c1-16(2)20-10-13(21-16)15-14(12(17)9-19-15)18-8-11-6-4-3-5-7-11/h3-7,12-15H,8-10H2,1-2H3/t12-,13+,14+,15+/m0/s1. The van der Waals surface area contributed by atoms with E-state index in [1.807, 2.05) is 32.0 Å². The maximum absolute atomic E-state index is 6.13. The van der Waals surface area contributed by atoms with Crippen LogP contribution in [0.5, 0.6) is 0 Å². The van der Waals surface area contributed by atoms with E-state index in [0.717, 1.165) is 0 Å². The van der Waals surface area contributed by atoms with Crippen LogP contribution in [0.25, 0.3) is 0 Å². The molecule has 3 rings (SSSR count). The second-order valence-corrected chi connectivity index (χ2v) is 7.54. The predicted molar refractivity (Wildman–Crippen MR) is 87.5 cm³/mol. The van der Waals surface area contributed by atoms with Gasteiger partial charge in [0, 0.05) is 0 Å². The van der Waals surface area contributed by atoms with Crippen molar-refractivity contribution in [3.05, 3.63) is 35.9 Å². The van der Waals surface area contributed by atoms with E-state index in [-0.39, 0.29) is 18.3 Å². The molecule has 2 heterocycles. The minimum absolute atomic E-state index is 0.0355. The van der Waals surface area contributed by atoms with Gasteiger partial charge in [-0.1, -0.05) is 52.9 Å². The molecule has 0 unspecified atom stereocenters. The average Bonchev–Trinajstić information content (AvgIpc) is 3.00. The van der Waals surface area contributed by atoms with Crippen molar-refractivity contribution >= 4 is 22.6 Å². The van der Waals surface area contributed by atoms with E-state index in [4.69, 9.17) is 18.9 Å². The highest BCUT2D eigenvalue weighted by molar-refractivity contribution is 14.1. The van der Waals surface area contributed by atoms with Crippen molar-refractivity contribution in [3.8, 4) is 0 Å². The van der Waals surface area contributed by atoms with Crippen LogP contribution >= 0.6 is 22.6 Å². The number of ether oxygens (including phenoxy) is 4. The largest absolute Gasteiger partial charge is 0.371 e. The molecule has 0 spiro atoms. The van der Waals surface area contributed by atoms with Gasteiger partial charge in [-0.15, -0.1) is 0 Å². The monoisotopic (exact) mass is 404 g/mol. The van der Waals surface area contributed by atoms with Crippen LogP contribution in [0.3, 0.4) is 0 Å². The first kappa shape index (κ1) is 15.7. The Labute approximate surface area is 139 Å². The van der Waals surface area contributed by atoms with Crippen LogP contribution in [-0.4, -0.2) is 41.2 Å². The lowest BCUT2D eigenvalue weighted by molar-refractivity contribution is -0.161. The van der Waals surface area contributed by atoms with Crippen LogP contribution in [0.1, 0.15) is 19.4 Å². The molecule has 0 aliphatic carbocycles. The van der Waals surface area contributed by atoms with E-state index in [2.05, 4.69) is 34.7 Å². The van der Waals surface area contributed by atoms with Gasteiger partial charge < -0.3 is 18.9 Å². The number of hydrogen-bond donors (Lipinski definition) is 0. The molecule has 2 aliphatic heterocycles. The molecule has 2 aliphatic rings. The highest BCUT2D eigenvalue weighted by Gasteiger charge is 2.47.